The van der Waals surface area contributed by atoms with Gasteiger partial charge in [0.25, 0.3) is 0 Å². The molecule has 0 saturated carbocycles. The van der Waals surface area contributed by atoms with Crippen LogP contribution in [0, 0.1) is 0 Å². The second kappa shape index (κ2) is 8.47. The van der Waals surface area contributed by atoms with Crippen LogP contribution in [-0.4, -0.2) is 35.7 Å². The third kappa shape index (κ3) is 4.77. The van der Waals surface area contributed by atoms with Crippen molar-refractivity contribution < 1.29 is 4.79 Å². The molecule has 1 aliphatic heterocycles. The Morgan fingerprint density at radius 1 is 1.48 bits per heavy atom. The monoisotopic (exact) mass is 326 g/mol. The molecule has 2 rings (SSSR count). The molecule has 21 heavy (non-hydrogen) atoms. The SMILES string of the molecule is CSc1cccc(CN(C(=O)C2C=CCN2)C(C)C)c1.Cl. The van der Waals surface area contributed by atoms with Gasteiger partial charge < -0.3 is 4.90 Å². The van der Waals surface area contributed by atoms with Crippen LogP contribution in [-0.2, 0) is 11.3 Å². The van der Waals surface area contributed by atoms with E-state index in [9.17, 15) is 4.79 Å². The Kier molecular flexibility index (Phi) is 7.29. The van der Waals surface area contributed by atoms with Gasteiger partial charge in [0.1, 0.15) is 6.04 Å². The van der Waals surface area contributed by atoms with E-state index in [1.54, 1.807) is 11.8 Å². The molecule has 5 heteroatoms. The van der Waals surface area contributed by atoms with Crippen LogP contribution >= 0.6 is 24.2 Å². The third-order valence-electron chi connectivity index (χ3n) is 3.44. The maximum atomic E-state index is 12.6. The fraction of sp³-hybridized carbons (Fsp3) is 0.438. The number of nitrogens with one attached hydrogen (secondary N) is 1. The quantitative estimate of drug-likeness (QED) is 0.666. The lowest BCUT2D eigenvalue weighted by molar-refractivity contribution is -0.134. The van der Waals surface area contributed by atoms with Crippen LogP contribution in [0.5, 0.6) is 0 Å². The summed E-state index contributed by atoms with van der Waals surface area (Å²) in [7, 11) is 0. The Hall–Kier alpha value is -0.970. The summed E-state index contributed by atoms with van der Waals surface area (Å²) in [6.07, 6.45) is 6.03. The first-order chi connectivity index (χ1) is 9.61. The Bertz CT molecular complexity index is 505. The average Bonchev–Trinajstić information content (AvgIpc) is 2.98. The molecule has 0 saturated heterocycles. The molecule has 116 valence electrons. The van der Waals surface area contributed by atoms with E-state index in [0.717, 1.165) is 6.54 Å². The molecule has 1 aliphatic rings. The second-order valence-corrected chi connectivity index (χ2v) is 6.11. The second-order valence-electron chi connectivity index (χ2n) is 5.23. The highest BCUT2D eigenvalue weighted by Crippen LogP contribution is 2.18. The molecule has 1 unspecified atom stereocenters. The summed E-state index contributed by atoms with van der Waals surface area (Å²) in [5, 5.41) is 3.19. The molecule has 1 aromatic carbocycles. The van der Waals surface area contributed by atoms with Gasteiger partial charge in [0.05, 0.1) is 0 Å². The Morgan fingerprint density at radius 2 is 2.24 bits per heavy atom. The first-order valence-corrected chi connectivity index (χ1v) is 8.17. The van der Waals surface area contributed by atoms with Crippen molar-refractivity contribution in [3.8, 4) is 0 Å². The van der Waals surface area contributed by atoms with E-state index in [1.165, 1.54) is 10.5 Å². The summed E-state index contributed by atoms with van der Waals surface area (Å²) in [4.78, 5) is 15.7. The van der Waals surface area contributed by atoms with E-state index < -0.39 is 0 Å². The Labute approximate surface area is 137 Å². The van der Waals surface area contributed by atoms with Gasteiger partial charge in [-0.1, -0.05) is 24.3 Å². The summed E-state index contributed by atoms with van der Waals surface area (Å²) in [6, 6.07) is 8.41. The highest BCUT2D eigenvalue weighted by atomic mass is 35.5. The molecule has 0 spiro atoms. The van der Waals surface area contributed by atoms with Crippen LogP contribution in [0.25, 0.3) is 0 Å². The zero-order chi connectivity index (χ0) is 14.5. The van der Waals surface area contributed by atoms with Crippen molar-refractivity contribution in [3.63, 3.8) is 0 Å². The molecule has 1 N–H and O–H groups in total. The zero-order valence-electron chi connectivity index (χ0n) is 12.7. The Morgan fingerprint density at radius 3 is 2.81 bits per heavy atom. The van der Waals surface area contributed by atoms with Crippen molar-refractivity contribution in [2.45, 2.75) is 37.4 Å². The first kappa shape index (κ1) is 18.1. The number of rotatable bonds is 5. The summed E-state index contributed by atoms with van der Waals surface area (Å²) in [5.41, 5.74) is 1.18. The predicted molar refractivity (Wildman–Crippen MR) is 92.1 cm³/mol. The molecule has 0 fully saturated rings. The lowest BCUT2D eigenvalue weighted by Gasteiger charge is -2.29. The van der Waals surface area contributed by atoms with E-state index >= 15 is 0 Å². The number of carbonyl (C=O) groups is 1. The van der Waals surface area contributed by atoms with Crippen LogP contribution in [0.3, 0.4) is 0 Å². The number of halogens is 1. The largest absolute Gasteiger partial charge is 0.334 e. The van der Waals surface area contributed by atoms with Gasteiger partial charge in [0, 0.05) is 24.0 Å². The number of thioether (sulfide) groups is 1. The summed E-state index contributed by atoms with van der Waals surface area (Å²) < 4.78 is 0. The van der Waals surface area contributed by atoms with Gasteiger partial charge in [-0.25, -0.2) is 0 Å². The molecule has 0 aromatic heterocycles. The van der Waals surface area contributed by atoms with Gasteiger partial charge in [-0.05, 0) is 37.8 Å². The number of amides is 1. The van der Waals surface area contributed by atoms with Gasteiger partial charge in [-0.2, -0.15) is 0 Å². The topological polar surface area (TPSA) is 32.3 Å². The predicted octanol–water partition coefficient (Wildman–Crippen LogP) is 3.10. The summed E-state index contributed by atoms with van der Waals surface area (Å²) >= 11 is 1.73. The highest BCUT2D eigenvalue weighted by Gasteiger charge is 2.25. The van der Waals surface area contributed by atoms with Crippen molar-refractivity contribution >= 4 is 30.1 Å². The molecule has 0 bridgehead atoms. The molecule has 1 amide bonds. The van der Waals surface area contributed by atoms with Crippen LogP contribution in [0.2, 0.25) is 0 Å². The summed E-state index contributed by atoms with van der Waals surface area (Å²) in [5.74, 6) is 0.156. The van der Waals surface area contributed by atoms with Crippen molar-refractivity contribution in [3.05, 3.63) is 42.0 Å². The van der Waals surface area contributed by atoms with E-state index in [1.807, 2.05) is 17.1 Å². The minimum atomic E-state index is -0.166. The van der Waals surface area contributed by atoms with Gasteiger partial charge in [0.2, 0.25) is 5.91 Å². The van der Waals surface area contributed by atoms with Crippen LogP contribution in [0.1, 0.15) is 19.4 Å². The number of benzene rings is 1. The molecule has 3 nitrogen and oxygen atoms in total. The zero-order valence-corrected chi connectivity index (χ0v) is 14.3. The summed E-state index contributed by atoms with van der Waals surface area (Å²) in [6.45, 7) is 5.57. The van der Waals surface area contributed by atoms with Gasteiger partial charge in [0.15, 0.2) is 0 Å². The Balaban J connectivity index is 0.00000220. The molecule has 1 aromatic rings. The third-order valence-corrected chi connectivity index (χ3v) is 4.17. The lowest BCUT2D eigenvalue weighted by Crippen LogP contribution is -2.46. The smallest absolute Gasteiger partial charge is 0.244 e. The molecule has 1 heterocycles. The maximum absolute atomic E-state index is 12.6. The number of carbonyl (C=O) groups excluding carboxylic acids is 1. The molecule has 0 aliphatic carbocycles. The molecular formula is C16H23ClN2OS. The highest BCUT2D eigenvalue weighted by molar-refractivity contribution is 7.98. The number of hydrogen-bond acceptors (Lipinski definition) is 3. The van der Waals surface area contributed by atoms with E-state index in [0.29, 0.717) is 6.54 Å². The standard InChI is InChI=1S/C16H22N2OS.ClH/c1-12(2)18(16(19)15-8-5-9-17-15)11-13-6-4-7-14(10-13)20-3;/h4-8,10,12,15,17H,9,11H2,1-3H3;1H. The maximum Gasteiger partial charge on any atom is 0.244 e. The minimum Gasteiger partial charge on any atom is -0.334 e. The van der Waals surface area contributed by atoms with Crippen LogP contribution in [0.15, 0.2) is 41.3 Å². The van der Waals surface area contributed by atoms with Crippen LogP contribution < -0.4 is 5.32 Å². The minimum absolute atomic E-state index is 0. The van der Waals surface area contributed by atoms with Crippen molar-refractivity contribution in [2.75, 3.05) is 12.8 Å². The van der Waals surface area contributed by atoms with Crippen molar-refractivity contribution in [2.24, 2.45) is 0 Å². The van der Waals surface area contributed by atoms with Crippen molar-refractivity contribution in [1.29, 1.82) is 0 Å². The first-order valence-electron chi connectivity index (χ1n) is 6.95. The van der Waals surface area contributed by atoms with E-state index in [4.69, 9.17) is 0 Å². The number of nitrogens with zero attached hydrogens (tertiary/aromatic N) is 1. The van der Waals surface area contributed by atoms with E-state index in [2.05, 4.69) is 49.7 Å². The molecule has 1 atom stereocenters. The molecular weight excluding hydrogens is 304 g/mol. The van der Waals surface area contributed by atoms with Crippen LogP contribution in [0.4, 0.5) is 0 Å². The van der Waals surface area contributed by atoms with Gasteiger partial charge in [-0.15, -0.1) is 24.2 Å². The van der Waals surface area contributed by atoms with Gasteiger partial charge in [-0.3, -0.25) is 10.1 Å². The lowest BCUT2D eigenvalue weighted by atomic mass is 10.1. The number of hydrogen-bond donors (Lipinski definition) is 1. The fourth-order valence-electron chi connectivity index (χ4n) is 2.30. The van der Waals surface area contributed by atoms with Gasteiger partial charge >= 0.3 is 0 Å². The van der Waals surface area contributed by atoms with Crippen molar-refractivity contribution in [1.82, 2.24) is 10.2 Å². The average molecular weight is 327 g/mol. The molecule has 0 radical (unpaired) electrons. The normalized spacial score (nSPS) is 16.9. The fourth-order valence-corrected chi connectivity index (χ4v) is 2.78. The van der Waals surface area contributed by atoms with E-state index in [-0.39, 0.29) is 30.4 Å².